The quantitative estimate of drug-likeness (QED) is 0.659. The average molecular weight is 363 g/mol. The van der Waals surface area contributed by atoms with E-state index in [-0.39, 0.29) is 11.8 Å². The fraction of sp³-hybridized carbons (Fsp3) is 0.0500. The molecular formula is C20H17N3O2S. The monoisotopic (exact) mass is 363 g/mol. The zero-order valence-electron chi connectivity index (χ0n) is 14.1. The summed E-state index contributed by atoms with van der Waals surface area (Å²) in [5, 5.41) is 7.82. The first-order valence-corrected chi connectivity index (χ1v) is 8.86. The summed E-state index contributed by atoms with van der Waals surface area (Å²) in [6, 6.07) is 16.5. The van der Waals surface area contributed by atoms with Crippen molar-refractivity contribution in [2.45, 2.75) is 6.92 Å². The van der Waals surface area contributed by atoms with Crippen molar-refractivity contribution < 1.29 is 9.59 Å². The van der Waals surface area contributed by atoms with Crippen LogP contribution in [0, 0.1) is 0 Å². The second kappa shape index (κ2) is 8.22. The van der Waals surface area contributed by atoms with E-state index in [9.17, 15) is 9.59 Å². The summed E-state index contributed by atoms with van der Waals surface area (Å²) >= 11 is 1.33. The van der Waals surface area contributed by atoms with Crippen molar-refractivity contribution >= 4 is 40.0 Å². The van der Waals surface area contributed by atoms with Crippen LogP contribution in [0.2, 0.25) is 0 Å². The van der Waals surface area contributed by atoms with Gasteiger partial charge in [0.1, 0.15) is 0 Å². The van der Waals surface area contributed by atoms with Gasteiger partial charge in [-0.15, -0.1) is 11.3 Å². The summed E-state index contributed by atoms with van der Waals surface area (Å²) in [4.78, 5) is 29.0. The van der Waals surface area contributed by atoms with Crippen LogP contribution >= 0.6 is 11.3 Å². The van der Waals surface area contributed by atoms with Gasteiger partial charge < -0.3 is 5.32 Å². The fourth-order valence-electron chi connectivity index (χ4n) is 2.33. The molecule has 2 amide bonds. The number of nitrogens with zero attached hydrogens (tertiary/aromatic N) is 1. The molecule has 0 spiro atoms. The molecule has 1 aromatic heterocycles. The first kappa shape index (κ1) is 17.6. The number of para-hydroxylation sites is 1. The third-order valence-corrected chi connectivity index (χ3v) is 4.30. The number of carbonyl (C=O) groups excluding carboxylic acids is 2. The number of amides is 2. The largest absolute Gasteiger partial charge is 0.322 e. The van der Waals surface area contributed by atoms with Crippen LogP contribution in [0.1, 0.15) is 22.8 Å². The number of rotatable bonds is 5. The Morgan fingerprint density at radius 2 is 1.73 bits per heavy atom. The number of anilines is 2. The van der Waals surface area contributed by atoms with E-state index < -0.39 is 0 Å². The minimum Gasteiger partial charge on any atom is -0.322 e. The Bertz CT molecular complexity index is 935. The summed E-state index contributed by atoms with van der Waals surface area (Å²) in [6.07, 6.45) is 3.42. The fourth-order valence-corrected chi connectivity index (χ4v) is 2.85. The Morgan fingerprint density at radius 1 is 1.00 bits per heavy atom. The normalized spacial score (nSPS) is 11.0. The standard InChI is InChI=1S/C20H17N3O2S/c1-14(13-15-7-3-2-4-8-15)18(24)22-17-10-6-5-9-16(17)19(25)23-20-21-11-12-26-20/h2-13H,1H3,(H,22,24)(H,21,23,25)/b14-13+. The molecule has 6 heteroatoms. The first-order valence-electron chi connectivity index (χ1n) is 7.98. The number of thiazole rings is 1. The number of nitrogens with one attached hydrogen (secondary N) is 2. The third-order valence-electron chi connectivity index (χ3n) is 3.61. The smallest absolute Gasteiger partial charge is 0.259 e. The highest BCUT2D eigenvalue weighted by molar-refractivity contribution is 7.13. The van der Waals surface area contributed by atoms with Crippen molar-refractivity contribution in [3.63, 3.8) is 0 Å². The van der Waals surface area contributed by atoms with Gasteiger partial charge in [0.2, 0.25) is 0 Å². The van der Waals surface area contributed by atoms with Crippen LogP contribution in [-0.4, -0.2) is 16.8 Å². The van der Waals surface area contributed by atoms with Crippen LogP contribution in [0.5, 0.6) is 0 Å². The lowest BCUT2D eigenvalue weighted by atomic mass is 10.1. The topological polar surface area (TPSA) is 71.1 Å². The van der Waals surface area contributed by atoms with Gasteiger partial charge in [-0.1, -0.05) is 42.5 Å². The molecule has 3 rings (SSSR count). The number of carbonyl (C=O) groups is 2. The molecule has 0 fully saturated rings. The maximum Gasteiger partial charge on any atom is 0.259 e. The Balaban J connectivity index is 1.76. The van der Waals surface area contributed by atoms with Crippen molar-refractivity contribution in [2.75, 3.05) is 10.6 Å². The second-order valence-electron chi connectivity index (χ2n) is 5.53. The molecule has 26 heavy (non-hydrogen) atoms. The highest BCUT2D eigenvalue weighted by Crippen LogP contribution is 2.19. The van der Waals surface area contributed by atoms with E-state index >= 15 is 0 Å². The molecule has 0 aliphatic heterocycles. The minimum absolute atomic E-state index is 0.261. The number of aromatic nitrogens is 1. The second-order valence-corrected chi connectivity index (χ2v) is 6.42. The van der Waals surface area contributed by atoms with Crippen LogP contribution in [-0.2, 0) is 4.79 Å². The molecule has 2 aromatic carbocycles. The van der Waals surface area contributed by atoms with Gasteiger partial charge in [-0.25, -0.2) is 4.98 Å². The van der Waals surface area contributed by atoms with Gasteiger partial charge in [0.25, 0.3) is 11.8 Å². The number of benzene rings is 2. The van der Waals surface area contributed by atoms with Gasteiger partial charge in [-0.2, -0.15) is 0 Å². The Kier molecular flexibility index (Phi) is 5.56. The van der Waals surface area contributed by atoms with Gasteiger partial charge in [-0.3, -0.25) is 14.9 Å². The Hall–Kier alpha value is -3.25. The highest BCUT2D eigenvalue weighted by atomic mass is 32.1. The van der Waals surface area contributed by atoms with E-state index in [4.69, 9.17) is 0 Å². The lowest BCUT2D eigenvalue weighted by molar-refractivity contribution is -0.112. The summed E-state index contributed by atoms with van der Waals surface area (Å²) < 4.78 is 0. The van der Waals surface area contributed by atoms with Gasteiger partial charge in [0.15, 0.2) is 5.13 Å². The van der Waals surface area contributed by atoms with Gasteiger partial charge in [-0.05, 0) is 30.7 Å². The van der Waals surface area contributed by atoms with E-state index in [2.05, 4.69) is 15.6 Å². The van der Waals surface area contributed by atoms with Crippen molar-refractivity contribution in [3.8, 4) is 0 Å². The van der Waals surface area contributed by atoms with E-state index in [0.717, 1.165) is 5.56 Å². The zero-order valence-corrected chi connectivity index (χ0v) is 14.9. The predicted octanol–water partition coefficient (Wildman–Crippen LogP) is 4.44. The van der Waals surface area contributed by atoms with Crippen LogP contribution < -0.4 is 10.6 Å². The molecule has 130 valence electrons. The molecule has 0 atom stereocenters. The van der Waals surface area contributed by atoms with E-state index in [0.29, 0.717) is 22.0 Å². The van der Waals surface area contributed by atoms with Gasteiger partial charge >= 0.3 is 0 Å². The SMILES string of the molecule is C/C(=C\c1ccccc1)C(=O)Nc1ccccc1C(=O)Nc1nccs1. The van der Waals surface area contributed by atoms with E-state index in [1.165, 1.54) is 11.3 Å². The maximum atomic E-state index is 12.5. The van der Waals surface area contributed by atoms with Gasteiger partial charge in [0, 0.05) is 17.2 Å². The molecule has 2 N–H and O–H groups in total. The Morgan fingerprint density at radius 3 is 2.46 bits per heavy atom. The predicted molar refractivity (Wildman–Crippen MR) is 105 cm³/mol. The van der Waals surface area contributed by atoms with Crippen LogP contribution in [0.4, 0.5) is 10.8 Å². The van der Waals surface area contributed by atoms with Crippen LogP contribution in [0.25, 0.3) is 6.08 Å². The summed E-state index contributed by atoms with van der Waals surface area (Å²) in [7, 11) is 0. The number of hydrogen-bond acceptors (Lipinski definition) is 4. The summed E-state index contributed by atoms with van der Waals surface area (Å²) in [5.74, 6) is -0.580. The molecule has 0 radical (unpaired) electrons. The van der Waals surface area contributed by atoms with Crippen molar-refractivity contribution in [2.24, 2.45) is 0 Å². The first-order chi connectivity index (χ1) is 12.6. The summed E-state index contributed by atoms with van der Waals surface area (Å²) in [6.45, 7) is 1.74. The molecule has 1 heterocycles. The highest BCUT2D eigenvalue weighted by Gasteiger charge is 2.14. The van der Waals surface area contributed by atoms with Crippen molar-refractivity contribution in [3.05, 3.63) is 82.9 Å². The molecule has 0 aliphatic rings. The van der Waals surface area contributed by atoms with Gasteiger partial charge in [0.05, 0.1) is 11.3 Å². The molecule has 0 saturated heterocycles. The molecule has 0 bridgehead atoms. The van der Waals surface area contributed by atoms with Crippen LogP contribution in [0.15, 0.2) is 71.7 Å². The third kappa shape index (κ3) is 4.43. The van der Waals surface area contributed by atoms with E-state index in [1.54, 1.807) is 48.8 Å². The Labute approximate surface area is 155 Å². The summed E-state index contributed by atoms with van der Waals surface area (Å²) in [5.41, 5.74) is 2.32. The lowest BCUT2D eigenvalue weighted by Gasteiger charge is -2.11. The van der Waals surface area contributed by atoms with E-state index in [1.807, 2.05) is 30.3 Å². The number of hydrogen-bond donors (Lipinski definition) is 2. The molecule has 5 nitrogen and oxygen atoms in total. The lowest BCUT2D eigenvalue weighted by Crippen LogP contribution is -2.18. The van der Waals surface area contributed by atoms with Crippen LogP contribution in [0.3, 0.4) is 0 Å². The molecule has 3 aromatic rings. The zero-order chi connectivity index (χ0) is 18.4. The maximum absolute atomic E-state index is 12.5. The average Bonchev–Trinajstić information content (AvgIpc) is 3.16. The molecule has 0 unspecified atom stereocenters. The minimum atomic E-state index is -0.319. The van der Waals surface area contributed by atoms with Crippen molar-refractivity contribution in [1.82, 2.24) is 4.98 Å². The molecule has 0 aliphatic carbocycles. The van der Waals surface area contributed by atoms with Crippen molar-refractivity contribution in [1.29, 1.82) is 0 Å². The molecular weight excluding hydrogens is 346 g/mol. The molecule has 0 saturated carbocycles.